The van der Waals surface area contributed by atoms with Crippen molar-refractivity contribution in [3.8, 4) is 5.69 Å². The number of aromatic nitrogens is 3. The van der Waals surface area contributed by atoms with E-state index in [9.17, 15) is 8.42 Å². The molecule has 188 valence electrons. The molecule has 3 aromatic carbocycles. The van der Waals surface area contributed by atoms with E-state index in [1.54, 1.807) is 36.6 Å². The van der Waals surface area contributed by atoms with Crippen LogP contribution < -0.4 is 4.72 Å². The zero-order chi connectivity index (χ0) is 26.0. The number of hydrogen-bond acceptors (Lipinski definition) is 5. The third-order valence-corrected chi connectivity index (χ3v) is 8.98. The molecule has 1 N–H and O–H groups in total. The van der Waals surface area contributed by atoms with Crippen molar-refractivity contribution in [2.75, 3.05) is 0 Å². The number of nitrogens with zero attached hydrogens (tertiary/aromatic N) is 3. The monoisotopic (exact) mass is 560 g/mol. The highest BCUT2D eigenvalue weighted by Gasteiger charge is 2.23. The lowest BCUT2D eigenvalue weighted by molar-refractivity contribution is 0.577. The van der Waals surface area contributed by atoms with E-state index in [0.29, 0.717) is 43.6 Å². The summed E-state index contributed by atoms with van der Waals surface area (Å²) < 4.78 is 31.0. The van der Waals surface area contributed by atoms with Gasteiger partial charge < -0.3 is 0 Å². The molecule has 0 aliphatic carbocycles. The van der Waals surface area contributed by atoms with E-state index in [-0.39, 0.29) is 11.4 Å². The molecule has 0 bridgehead atoms. The largest absolute Gasteiger partial charge is 0.271 e. The number of thioether (sulfide) groups is 1. The molecule has 0 radical (unpaired) electrons. The van der Waals surface area contributed by atoms with Crippen LogP contribution in [0.4, 0.5) is 0 Å². The summed E-state index contributed by atoms with van der Waals surface area (Å²) >= 11 is 14.2. The minimum absolute atomic E-state index is 0.0635. The fraction of sp³-hybridized carbons (Fsp3) is 0.231. The smallest absolute Gasteiger partial charge is 0.241 e. The lowest BCUT2D eigenvalue weighted by Crippen LogP contribution is -2.26. The number of aryl methyl sites for hydroxylation is 4. The van der Waals surface area contributed by atoms with Gasteiger partial charge in [0, 0.05) is 10.8 Å². The minimum Gasteiger partial charge on any atom is -0.271 e. The summed E-state index contributed by atoms with van der Waals surface area (Å²) in [5.74, 6) is 1.08. The van der Waals surface area contributed by atoms with E-state index >= 15 is 0 Å². The Labute approximate surface area is 226 Å². The van der Waals surface area contributed by atoms with Crippen LogP contribution in [0.25, 0.3) is 5.69 Å². The summed E-state index contributed by atoms with van der Waals surface area (Å²) in [4.78, 5) is 0.276. The molecule has 0 aliphatic heterocycles. The van der Waals surface area contributed by atoms with Crippen LogP contribution in [0.3, 0.4) is 0 Å². The first-order valence-electron chi connectivity index (χ1n) is 11.2. The quantitative estimate of drug-likeness (QED) is 0.246. The van der Waals surface area contributed by atoms with Crippen LogP contribution in [0, 0.1) is 27.7 Å². The molecule has 36 heavy (non-hydrogen) atoms. The van der Waals surface area contributed by atoms with E-state index in [1.807, 2.05) is 31.2 Å². The number of benzene rings is 3. The van der Waals surface area contributed by atoms with Gasteiger partial charge in [0.2, 0.25) is 10.0 Å². The first kappa shape index (κ1) is 26.7. The molecule has 0 spiro atoms. The topological polar surface area (TPSA) is 76.9 Å². The molecule has 10 heteroatoms. The van der Waals surface area contributed by atoms with Gasteiger partial charge in [-0.3, -0.25) is 4.57 Å². The first-order chi connectivity index (χ1) is 17.1. The second-order valence-corrected chi connectivity index (χ2v) is 12.1. The maximum Gasteiger partial charge on any atom is 0.241 e. The molecule has 0 saturated carbocycles. The van der Waals surface area contributed by atoms with Crippen molar-refractivity contribution in [2.45, 2.75) is 50.0 Å². The minimum atomic E-state index is -3.80. The van der Waals surface area contributed by atoms with Crippen LogP contribution in [-0.2, 0) is 22.3 Å². The molecule has 1 heterocycles. The van der Waals surface area contributed by atoms with Gasteiger partial charge in [-0.05, 0) is 68.1 Å². The highest BCUT2D eigenvalue weighted by molar-refractivity contribution is 7.98. The van der Waals surface area contributed by atoms with Gasteiger partial charge in [-0.1, -0.05) is 76.9 Å². The Balaban J connectivity index is 1.68. The van der Waals surface area contributed by atoms with E-state index < -0.39 is 10.0 Å². The lowest BCUT2D eigenvalue weighted by atomic mass is 10.1. The SMILES string of the molecule is Cc1cc(C)c(S(=O)(=O)NCc2nnc(SCc3ccccc3C)n2-c2ccc(Cl)cc2Cl)c(C)c1. The summed E-state index contributed by atoms with van der Waals surface area (Å²) in [6.45, 7) is 7.53. The molecule has 0 amide bonds. The maximum atomic E-state index is 13.3. The molecule has 6 nitrogen and oxygen atoms in total. The Kier molecular flexibility index (Phi) is 8.12. The van der Waals surface area contributed by atoms with Crippen LogP contribution in [0.15, 0.2) is 64.6 Å². The number of nitrogens with one attached hydrogen (secondary N) is 1. The average molecular weight is 562 g/mol. The molecule has 4 rings (SSSR count). The van der Waals surface area contributed by atoms with Crippen molar-refractivity contribution in [3.63, 3.8) is 0 Å². The summed E-state index contributed by atoms with van der Waals surface area (Å²) in [6, 6.07) is 17.0. The van der Waals surface area contributed by atoms with Gasteiger partial charge in [0.1, 0.15) is 0 Å². The first-order valence-corrected chi connectivity index (χ1v) is 14.4. The zero-order valence-corrected chi connectivity index (χ0v) is 23.5. The van der Waals surface area contributed by atoms with E-state index in [2.05, 4.69) is 34.0 Å². The van der Waals surface area contributed by atoms with E-state index in [1.165, 1.54) is 22.9 Å². The Bertz CT molecular complexity index is 1510. The lowest BCUT2D eigenvalue weighted by Gasteiger charge is -2.15. The summed E-state index contributed by atoms with van der Waals surface area (Å²) in [7, 11) is -3.80. The Morgan fingerprint density at radius 3 is 2.28 bits per heavy atom. The van der Waals surface area contributed by atoms with Crippen LogP contribution in [-0.4, -0.2) is 23.2 Å². The molecule has 1 aromatic heterocycles. The predicted octanol–water partition coefficient (Wildman–Crippen LogP) is 6.58. The van der Waals surface area contributed by atoms with Crippen LogP contribution in [0.2, 0.25) is 10.0 Å². The van der Waals surface area contributed by atoms with Crippen molar-refractivity contribution in [2.24, 2.45) is 0 Å². The molecule has 0 atom stereocenters. The van der Waals surface area contributed by atoms with Crippen LogP contribution in [0.5, 0.6) is 0 Å². The summed E-state index contributed by atoms with van der Waals surface area (Å²) in [5, 5.41) is 10.2. The van der Waals surface area contributed by atoms with Gasteiger partial charge in [-0.15, -0.1) is 10.2 Å². The highest BCUT2D eigenvalue weighted by Crippen LogP contribution is 2.31. The molecule has 0 saturated heterocycles. The highest BCUT2D eigenvalue weighted by atomic mass is 35.5. The van der Waals surface area contributed by atoms with Gasteiger partial charge in [0.05, 0.1) is 22.2 Å². The van der Waals surface area contributed by atoms with Gasteiger partial charge in [0.15, 0.2) is 11.0 Å². The molecule has 0 unspecified atom stereocenters. The molecule has 4 aromatic rings. The van der Waals surface area contributed by atoms with Crippen LogP contribution in [0.1, 0.15) is 33.6 Å². The van der Waals surface area contributed by atoms with Gasteiger partial charge in [-0.25, -0.2) is 13.1 Å². The second kappa shape index (κ2) is 10.9. The van der Waals surface area contributed by atoms with Crippen molar-refractivity contribution in [1.29, 1.82) is 0 Å². The predicted molar refractivity (Wildman–Crippen MR) is 147 cm³/mol. The van der Waals surface area contributed by atoms with Crippen LogP contribution >= 0.6 is 35.0 Å². The summed E-state index contributed by atoms with van der Waals surface area (Å²) in [5.41, 5.74) is 5.37. The standard InChI is InChI=1S/C26H26Cl2N4O2S2/c1-16-11-18(3)25(19(4)12-16)36(33,34)29-14-24-30-31-26(35-15-20-8-6-5-7-17(20)2)32(24)23-10-9-21(27)13-22(23)28/h5-13,29H,14-15H2,1-4H3. The normalized spacial score (nSPS) is 11.7. The number of sulfonamides is 1. The zero-order valence-electron chi connectivity index (χ0n) is 20.3. The second-order valence-electron chi connectivity index (χ2n) is 8.60. The fourth-order valence-electron chi connectivity index (χ4n) is 4.15. The number of halogens is 2. The van der Waals surface area contributed by atoms with E-state index in [4.69, 9.17) is 23.2 Å². The van der Waals surface area contributed by atoms with Gasteiger partial charge in [-0.2, -0.15) is 0 Å². The number of rotatable bonds is 8. The maximum absolute atomic E-state index is 13.3. The van der Waals surface area contributed by atoms with Gasteiger partial charge in [0.25, 0.3) is 0 Å². The third-order valence-electron chi connectivity index (χ3n) is 5.76. The summed E-state index contributed by atoms with van der Waals surface area (Å²) in [6.07, 6.45) is 0. The van der Waals surface area contributed by atoms with Crippen molar-refractivity contribution < 1.29 is 8.42 Å². The third kappa shape index (κ3) is 5.79. The molecular weight excluding hydrogens is 535 g/mol. The van der Waals surface area contributed by atoms with Crippen molar-refractivity contribution in [3.05, 3.63) is 98.3 Å². The van der Waals surface area contributed by atoms with Crippen molar-refractivity contribution in [1.82, 2.24) is 19.5 Å². The number of hydrogen-bond donors (Lipinski definition) is 1. The van der Waals surface area contributed by atoms with E-state index in [0.717, 1.165) is 5.56 Å². The average Bonchev–Trinajstić information content (AvgIpc) is 3.19. The van der Waals surface area contributed by atoms with Crippen molar-refractivity contribution >= 4 is 45.0 Å². The Morgan fingerprint density at radius 2 is 1.61 bits per heavy atom. The Hall–Kier alpha value is -2.36. The Morgan fingerprint density at radius 1 is 0.917 bits per heavy atom. The fourth-order valence-corrected chi connectivity index (χ4v) is 7.11. The molecule has 0 aliphatic rings. The molecule has 0 fully saturated rings. The van der Waals surface area contributed by atoms with Gasteiger partial charge >= 0.3 is 0 Å². The molecular formula is C26H26Cl2N4O2S2.